The van der Waals surface area contributed by atoms with Crippen LogP contribution in [0.15, 0.2) is 6.33 Å². The van der Waals surface area contributed by atoms with Crippen LogP contribution in [0, 0.1) is 0 Å². The lowest BCUT2D eigenvalue weighted by Crippen LogP contribution is -2.32. The molecule has 0 aromatic carbocycles. The first kappa shape index (κ1) is 11.0. The fourth-order valence-corrected chi connectivity index (χ4v) is 1.01. The monoisotopic (exact) mass is 216 g/mol. The van der Waals surface area contributed by atoms with Crippen molar-refractivity contribution in [2.24, 2.45) is 7.05 Å². The summed E-state index contributed by atoms with van der Waals surface area (Å²) in [6.45, 7) is 3.43. The Hall–Kier alpha value is -1.10. The zero-order valence-corrected chi connectivity index (χ0v) is 9.12. The second kappa shape index (κ2) is 4.41. The van der Waals surface area contributed by atoms with Crippen molar-refractivity contribution in [2.75, 3.05) is 0 Å². The molecular weight excluding hydrogens is 204 g/mol. The van der Waals surface area contributed by atoms with E-state index in [2.05, 4.69) is 15.4 Å². The van der Waals surface area contributed by atoms with Gasteiger partial charge in [0.05, 0.1) is 6.04 Å². The Bertz CT molecular complexity index is 323. The SMILES string of the molecule is CC(Cl)C(=O)NC(C)c1ncn(C)n1. The fourth-order valence-electron chi connectivity index (χ4n) is 0.947. The van der Waals surface area contributed by atoms with Gasteiger partial charge in [-0.25, -0.2) is 4.98 Å². The second-order valence-electron chi connectivity index (χ2n) is 3.12. The minimum Gasteiger partial charge on any atom is -0.345 e. The van der Waals surface area contributed by atoms with Crippen molar-refractivity contribution in [1.82, 2.24) is 20.1 Å². The number of nitrogens with one attached hydrogen (secondary N) is 1. The lowest BCUT2D eigenvalue weighted by atomic mass is 10.3. The molecule has 1 aromatic heterocycles. The average Bonchev–Trinajstić information content (AvgIpc) is 2.51. The minimum absolute atomic E-state index is 0.216. The number of carbonyl (C=O) groups is 1. The molecule has 5 nitrogen and oxygen atoms in total. The summed E-state index contributed by atoms with van der Waals surface area (Å²) in [5.74, 6) is 0.366. The van der Waals surface area contributed by atoms with Crippen LogP contribution in [0.5, 0.6) is 0 Å². The topological polar surface area (TPSA) is 59.8 Å². The molecule has 0 aliphatic carbocycles. The molecule has 2 atom stereocenters. The van der Waals surface area contributed by atoms with Gasteiger partial charge in [-0.2, -0.15) is 5.10 Å². The van der Waals surface area contributed by atoms with E-state index in [0.29, 0.717) is 5.82 Å². The molecule has 1 heterocycles. The predicted molar refractivity (Wildman–Crippen MR) is 52.9 cm³/mol. The number of aromatic nitrogens is 3. The third-order valence-corrected chi connectivity index (χ3v) is 1.92. The molecule has 1 rings (SSSR count). The van der Waals surface area contributed by atoms with E-state index in [1.54, 1.807) is 25.0 Å². The molecule has 1 aromatic rings. The van der Waals surface area contributed by atoms with Gasteiger partial charge in [-0.1, -0.05) is 0 Å². The van der Waals surface area contributed by atoms with E-state index in [9.17, 15) is 4.79 Å². The number of nitrogens with zero attached hydrogens (tertiary/aromatic N) is 3. The van der Waals surface area contributed by atoms with Crippen molar-refractivity contribution in [1.29, 1.82) is 0 Å². The summed E-state index contributed by atoms with van der Waals surface area (Å²) in [5, 5.41) is 6.23. The van der Waals surface area contributed by atoms with Gasteiger partial charge in [-0.15, -0.1) is 11.6 Å². The predicted octanol–water partition coefficient (Wildman–Crippen LogP) is 0.620. The number of carbonyl (C=O) groups excluding carboxylic acids is 1. The van der Waals surface area contributed by atoms with E-state index < -0.39 is 5.38 Å². The zero-order chi connectivity index (χ0) is 10.7. The maximum Gasteiger partial charge on any atom is 0.238 e. The van der Waals surface area contributed by atoms with Gasteiger partial charge >= 0.3 is 0 Å². The zero-order valence-electron chi connectivity index (χ0n) is 8.36. The fraction of sp³-hybridized carbons (Fsp3) is 0.625. The van der Waals surface area contributed by atoms with Crippen molar-refractivity contribution in [2.45, 2.75) is 25.3 Å². The highest BCUT2D eigenvalue weighted by molar-refractivity contribution is 6.30. The lowest BCUT2D eigenvalue weighted by molar-refractivity contribution is -0.121. The van der Waals surface area contributed by atoms with Crippen LogP contribution >= 0.6 is 11.6 Å². The summed E-state index contributed by atoms with van der Waals surface area (Å²) in [6.07, 6.45) is 1.59. The van der Waals surface area contributed by atoms with Gasteiger partial charge < -0.3 is 5.32 Å². The number of alkyl halides is 1. The quantitative estimate of drug-likeness (QED) is 0.754. The van der Waals surface area contributed by atoms with Crippen molar-refractivity contribution >= 4 is 17.5 Å². The number of halogens is 1. The Labute approximate surface area is 87.5 Å². The van der Waals surface area contributed by atoms with Crippen LogP contribution in [0.2, 0.25) is 0 Å². The van der Waals surface area contributed by atoms with E-state index in [0.717, 1.165) is 0 Å². The number of amides is 1. The van der Waals surface area contributed by atoms with Gasteiger partial charge in [0.2, 0.25) is 5.91 Å². The Morgan fingerprint density at radius 1 is 1.64 bits per heavy atom. The molecule has 0 aliphatic heterocycles. The molecule has 78 valence electrons. The van der Waals surface area contributed by atoms with Crippen molar-refractivity contribution in [3.8, 4) is 0 Å². The highest BCUT2D eigenvalue weighted by Gasteiger charge is 2.16. The summed E-state index contributed by atoms with van der Waals surface area (Å²) < 4.78 is 1.59. The molecule has 0 saturated carbocycles. The first-order valence-electron chi connectivity index (χ1n) is 4.30. The standard InChI is InChI=1S/C8H13ClN4O/c1-5(9)8(14)11-6(2)7-10-4-13(3)12-7/h4-6H,1-3H3,(H,11,14). The van der Waals surface area contributed by atoms with Crippen LogP contribution < -0.4 is 5.32 Å². The smallest absolute Gasteiger partial charge is 0.238 e. The first-order valence-corrected chi connectivity index (χ1v) is 4.74. The van der Waals surface area contributed by atoms with Crippen LogP contribution in [-0.4, -0.2) is 26.0 Å². The van der Waals surface area contributed by atoms with E-state index in [1.807, 2.05) is 6.92 Å². The molecule has 0 bridgehead atoms. The van der Waals surface area contributed by atoms with Gasteiger partial charge in [-0.3, -0.25) is 9.48 Å². The van der Waals surface area contributed by atoms with Gasteiger partial charge in [0.1, 0.15) is 11.7 Å². The second-order valence-corrected chi connectivity index (χ2v) is 3.78. The van der Waals surface area contributed by atoms with E-state index in [4.69, 9.17) is 11.6 Å². The van der Waals surface area contributed by atoms with Crippen molar-refractivity contribution in [3.63, 3.8) is 0 Å². The Balaban J connectivity index is 2.59. The van der Waals surface area contributed by atoms with Crippen molar-refractivity contribution in [3.05, 3.63) is 12.2 Å². The van der Waals surface area contributed by atoms with Gasteiger partial charge in [0, 0.05) is 7.05 Å². The minimum atomic E-state index is -0.541. The Kier molecular flexibility index (Phi) is 3.46. The molecule has 1 N–H and O–H groups in total. The van der Waals surface area contributed by atoms with Crippen LogP contribution in [0.1, 0.15) is 25.7 Å². The van der Waals surface area contributed by atoms with Crippen molar-refractivity contribution < 1.29 is 4.79 Å². The summed E-state index contributed by atoms with van der Waals surface area (Å²) in [4.78, 5) is 15.3. The van der Waals surface area contributed by atoms with Crippen LogP contribution in [0.3, 0.4) is 0 Å². The summed E-state index contributed by atoms with van der Waals surface area (Å²) in [5.41, 5.74) is 0. The summed E-state index contributed by atoms with van der Waals surface area (Å²) in [7, 11) is 1.77. The van der Waals surface area contributed by atoms with E-state index >= 15 is 0 Å². The Morgan fingerprint density at radius 3 is 2.71 bits per heavy atom. The van der Waals surface area contributed by atoms with E-state index in [-0.39, 0.29) is 11.9 Å². The van der Waals surface area contributed by atoms with Crippen LogP contribution in [-0.2, 0) is 11.8 Å². The highest BCUT2D eigenvalue weighted by atomic mass is 35.5. The van der Waals surface area contributed by atoms with Crippen LogP contribution in [0.4, 0.5) is 0 Å². The number of hydrogen-bond acceptors (Lipinski definition) is 3. The molecule has 0 fully saturated rings. The van der Waals surface area contributed by atoms with Gasteiger partial charge in [0.15, 0.2) is 5.82 Å². The molecule has 6 heteroatoms. The highest BCUT2D eigenvalue weighted by Crippen LogP contribution is 2.06. The third-order valence-electron chi connectivity index (χ3n) is 1.72. The van der Waals surface area contributed by atoms with Crippen LogP contribution in [0.25, 0.3) is 0 Å². The lowest BCUT2D eigenvalue weighted by Gasteiger charge is -2.11. The number of aryl methyl sites for hydroxylation is 1. The number of rotatable bonds is 3. The molecule has 2 unspecified atom stereocenters. The Morgan fingerprint density at radius 2 is 2.29 bits per heavy atom. The normalized spacial score (nSPS) is 14.9. The maximum atomic E-state index is 11.2. The maximum absolute atomic E-state index is 11.2. The largest absolute Gasteiger partial charge is 0.345 e. The average molecular weight is 217 g/mol. The van der Waals surface area contributed by atoms with Gasteiger partial charge in [-0.05, 0) is 13.8 Å². The molecule has 0 spiro atoms. The molecule has 0 saturated heterocycles. The molecule has 0 radical (unpaired) electrons. The molecular formula is C8H13ClN4O. The summed E-state index contributed by atoms with van der Waals surface area (Å²) >= 11 is 5.61. The third kappa shape index (κ3) is 2.70. The number of hydrogen-bond donors (Lipinski definition) is 1. The molecule has 14 heavy (non-hydrogen) atoms. The molecule has 0 aliphatic rings. The van der Waals surface area contributed by atoms with E-state index in [1.165, 1.54) is 0 Å². The van der Waals surface area contributed by atoms with Gasteiger partial charge in [0.25, 0.3) is 0 Å². The first-order chi connectivity index (χ1) is 6.50. The molecule has 1 amide bonds. The summed E-state index contributed by atoms with van der Waals surface area (Å²) in [6, 6.07) is -0.218.